The molecule has 0 saturated heterocycles. The van der Waals surface area contributed by atoms with E-state index in [1.165, 1.54) is 6.08 Å². The summed E-state index contributed by atoms with van der Waals surface area (Å²) in [5.74, 6) is 0.751. The average molecular weight is 458 g/mol. The topological polar surface area (TPSA) is 99.1 Å². The fourth-order valence-electron chi connectivity index (χ4n) is 2.73. The van der Waals surface area contributed by atoms with Gasteiger partial charge in [0, 0.05) is 23.5 Å². The normalized spacial score (nSPS) is 12.6. The standard InChI is InChI=1S/C23H27N3O3S2/c1-18(2)22(26-31(28,29)15-12-19-8-4-3-5-9-19)23(27)25-13-14-30-17-21-11-7-6-10-20(21)16-24/h3-12,15,18,22,26H,13-14,17H2,1-2H3,(H,25,27)/b15-12+/t22-/m0/s1. The minimum absolute atomic E-state index is 0.213. The fraction of sp³-hybridized carbons (Fsp3) is 0.304. The van der Waals surface area contributed by atoms with Gasteiger partial charge >= 0.3 is 0 Å². The maximum absolute atomic E-state index is 12.6. The van der Waals surface area contributed by atoms with Gasteiger partial charge in [0.15, 0.2) is 0 Å². The second kappa shape index (κ2) is 12.3. The lowest BCUT2D eigenvalue weighted by molar-refractivity contribution is -0.123. The van der Waals surface area contributed by atoms with Crippen LogP contribution in [-0.2, 0) is 20.6 Å². The van der Waals surface area contributed by atoms with Crippen LogP contribution in [0.4, 0.5) is 0 Å². The van der Waals surface area contributed by atoms with E-state index >= 15 is 0 Å². The Bertz CT molecular complexity index is 1030. The highest BCUT2D eigenvalue weighted by Crippen LogP contribution is 2.15. The van der Waals surface area contributed by atoms with Crippen molar-refractivity contribution in [1.29, 1.82) is 5.26 Å². The Morgan fingerprint density at radius 1 is 1.13 bits per heavy atom. The molecule has 0 aromatic heterocycles. The number of nitrogens with one attached hydrogen (secondary N) is 2. The summed E-state index contributed by atoms with van der Waals surface area (Å²) in [6.07, 6.45) is 1.49. The summed E-state index contributed by atoms with van der Waals surface area (Å²) in [6, 6.07) is 17.8. The molecular weight excluding hydrogens is 430 g/mol. The van der Waals surface area contributed by atoms with Gasteiger partial charge in [0.25, 0.3) is 0 Å². The molecule has 164 valence electrons. The first-order valence-electron chi connectivity index (χ1n) is 9.91. The number of sulfonamides is 1. The first-order valence-corrected chi connectivity index (χ1v) is 12.6. The summed E-state index contributed by atoms with van der Waals surface area (Å²) < 4.78 is 27.3. The Hall–Kier alpha value is -2.60. The third-order valence-corrected chi connectivity index (χ3v) is 6.51. The highest BCUT2D eigenvalue weighted by atomic mass is 32.2. The molecule has 0 aliphatic rings. The minimum Gasteiger partial charge on any atom is -0.354 e. The lowest BCUT2D eigenvalue weighted by Crippen LogP contribution is -2.49. The zero-order chi connectivity index (χ0) is 22.7. The molecule has 0 aliphatic heterocycles. The van der Waals surface area contributed by atoms with E-state index in [9.17, 15) is 13.2 Å². The summed E-state index contributed by atoms with van der Waals surface area (Å²) in [5.41, 5.74) is 2.37. The zero-order valence-corrected chi connectivity index (χ0v) is 19.2. The summed E-state index contributed by atoms with van der Waals surface area (Å²) in [6.45, 7) is 3.99. The lowest BCUT2D eigenvalue weighted by Gasteiger charge is -2.20. The SMILES string of the molecule is CC(C)[C@H](NS(=O)(=O)/C=C/c1ccccc1)C(=O)NCCSCc1ccccc1C#N. The molecule has 0 bridgehead atoms. The number of benzene rings is 2. The van der Waals surface area contributed by atoms with Crippen LogP contribution < -0.4 is 10.0 Å². The Morgan fingerprint density at radius 2 is 1.81 bits per heavy atom. The van der Waals surface area contributed by atoms with Crippen molar-refractivity contribution in [3.63, 3.8) is 0 Å². The van der Waals surface area contributed by atoms with E-state index < -0.39 is 16.1 Å². The molecule has 2 aromatic carbocycles. The summed E-state index contributed by atoms with van der Waals surface area (Å²) in [4.78, 5) is 12.6. The molecule has 1 atom stereocenters. The largest absolute Gasteiger partial charge is 0.354 e. The number of carbonyl (C=O) groups is 1. The number of nitriles is 1. The highest BCUT2D eigenvalue weighted by molar-refractivity contribution is 7.98. The van der Waals surface area contributed by atoms with Crippen molar-refractivity contribution < 1.29 is 13.2 Å². The number of carbonyl (C=O) groups excluding carboxylic acids is 1. The molecule has 8 heteroatoms. The average Bonchev–Trinajstić information content (AvgIpc) is 2.76. The smallest absolute Gasteiger partial charge is 0.238 e. The fourth-order valence-corrected chi connectivity index (χ4v) is 4.75. The van der Waals surface area contributed by atoms with Gasteiger partial charge in [0.1, 0.15) is 6.04 Å². The Labute approximate surface area is 188 Å². The van der Waals surface area contributed by atoms with Crippen LogP contribution in [0.15, 0.2) is 60.0 Å². The maximum Gasteiger partial charge on any atom is 0.238 e. The minimum atomic E-state index is -3.78. The Morgan fingerprint density at radius 3 is 2.48 bits per heavy atom. The van der Waals surface area contributed by atoms with Gasteiger partial charge in [-0.25, -0.2) is 8.42 Å². The van der Waals surface area contributed by atoms with Crippen molar-refractivity contribution in [3.8, 4) is 6.07 Å². The van der Waals surface area contributed by atoms with Crippen LogP contribution in [0.2, 0.25) is 0 Å². The lowest BCUT2D eigenvalue weighted by atomic mass is 10.1. The van der Waals surface area contributed by atoms with Crippen molar-refractivity contribution in [1.82, 2.24) is 10.0 Å². The number of rotatable bonds is 11. The molecule has 0 spiro atoms. The summed E-state index contributed by atoms with van der Waals surface area (Å²) in [7, 11) is -3.78. The van der Waals surface area contributed by atoms with Crippen LogP contribution in [-0.4, -0.2) is 32.7 Å². The van der Waals surface area contributed by atoms with Crippen LogP contribution in [0.5, 0.6) is 0 Å². The molecule has 2 N–H and O–H groups in total. The third-order valence-electron chi connectivity index (χ3n) is 4.42. The Kier molecular flexibility index (Phi) is 9.79. The molecule has 0 unspecified atom stereocenters. The van der Waals surface area contributed by atoms with E-state index in [0.717, 1.165) is 16.5 Å². The Balaban J connectivity index is 1.84. The van der Waals surface area contributed by atoms with E-state index in [2.05, 4.69) is 16.1 Å². The molecule has 0 aliphatic carbocycles. The quantitative estimate of drug-likeness (QED) is 0.503. The monoisotopic (exact) mass is 457 g/mol. The molecule has 6 nitrogen and oxygen atoms in total. The number of hydrogen-bond acceptors (Lipinski definition) is 5. The molecule has 0 heterocycles. The molecule has 0 radical (unpaired) electrons. The van der Waals surface area contributed by atoms with E-state index in [-0.39, 0.29) is 11.8 Å². The van der Waals surface area contributed by atoms with Gasteiger partial charge in [0.2, 0.25) is 15.9 Å². The zero-order valence-electron chi connectivity index (χ0n) is 17.6. The predicted molar refractivity (Wildman–Crippen MR) is 126 cm³/mol. The predicted octanol–water partition coefficient (Wildman–Crippen LogP) is 3.52. The first-order chi connectivity index (χ1) is 14.8. The van der Waals surface area contributed by atoms with E-state index in [1.807, 2.05) is 36.4 Å². The number of nitrogens with zero attached hydrogens (tertiary/aromatic N) is 1. The second-order valence-electron chi connectivity index (χ2n) is 7.21. The van der Waals surface area contributed by atoms with Crippen LogP contribution in [0.25, 0.3) is 6.08 Å². The molecule has 0 fully saturated rings. The van der Waals surface area contributed by atoms with E-state index in [4.69, 9.17) is 5.26 Å². The van der Waals surface area contributed by atoms with Crippen molar-refractivity contribution in [2.75, 3.05) is 12.3 Å². The van der Waals surface area contributed by atoms with Crippen LogP contribution >= 0.6 is 11.8 Å². The highest BCUT2D eigenvalue weighted by Gasteiger charge is 2.25. The number of thioether (sulfide) groups is 1. The van der Waals surface area contributed by atoms with Gasteiger partial charge in [0.05, 0.1) is 11.6 Å². The number of amides is 1. The van der Waals surface area contributed by atoms with Gasteiger partial charge in [-0.05, 0) is 29.2 Å². The van der Waals surface area contributed by atoms with Gasteiger partial charge in [-0.1, -0.05) is 62.4 Å². The van der Waals surface area contributed by atoms with Gasteiger partial charge in [-0.3, -0.25) is 4.79 Å². The molecule has 2 aromatic rings. The van der Waals surface area contributed by atoms with Gasteiger partial charge < -0.3 is 5.32 Å². The third kappa shape index (κ3) is 8.58. The van der Waals surface area contributed by atoms with Crippen LogP contribution in [0.3, 0.4) is 0 Å². The summed E-state index contributed by atoms with van der Waals surface area (Å²) >= 11 is 1.60. The molecular formula is C23H27N3O3S2. The number of hydrogen-bond donors (Lipinski definition) is 2. The molecule has 1 amide bonds. The van der Waals surface area contributed by atoms with Gasteiger partial charge in [-0.15, -0.1) is 0 Å². The van der Waals surface area contributed by atoms with Crippen molar-refractivity contribution in [3.05, 3.63) is 76.7 Å². The van der Waals surface area contributed by atoms with Crippen molar-refractivity contribution in [2.45, 2.75) is 25.6 Å². The summed E-state index contributed by atoms with van der Waals surface area (Å²) in [5, 5.41) is 13.0. The van der Waals surface area contributed by atoms with Crippen molar-refractivity contribution in [2.24, 2.45) is 5.92 Å². The van der Waals surface area contributed by atoms with Crippen LogP contribution in [0, 0.1) is 17.2 Å². The van der Waals surface area contributed by atoms with E-state index in [1.54, 1.807) is 43.8 Å². The van der Waals surface area contributed by atoms with Crippen LogP contribution in [0.1, 0.15) is 30.5 Å². The van der Waals surface area contributed by atoms with Gasteiger partial charge in [-0.2, -0.15) is 21.7 Å². The molecule has 31 heavy (non-hydrogen) atoms. The molecule has 0 saturated carbocycles. The molecule has 2 rings (SSSR count). The van der Waals surface area contributed by atoms with Crippen molar-refractivity contribution >= 4 is 33.8 Å². The first kappa shape index (κ1) is 24.7. The second-order valence-corrected chi connectivity index (χ2v) is 9.91. The van der Waals surface area contributed by atoms with E-state index in [0.29, 0.717) is 23.6 Å². The maximum atomic E-state index is 12.6.